The SMILES string of the molecule is CN(C)CCCC(=O)Cn1cc(-c2ccc(Cl)c(NC(=O)c3coc(N)n3)c2)cn1. The number of aromatic nitrogens is 3. The lowest BCUT2D eigenvalue weighted by Gasteiger charge is -2.08. The van der Waals surface area contributed by atoms with Crippen LogP contribution in [0.3, 0.4) is 0 Å². The van der Waals surface area contributed by atoms with E-state index in [4.69, 9.17) is 21.8 Å². The largest absolute Gasteiger partial charge is 0.431 e. The molecule has 3 N–H and O–H groups in total. The van der Waals surface area contributed by atoms with Gasteiger partial charge < -0.3 is 20.4 Å². The number of halogens is 1. The maximum atomic E-state index is 12.3. The summed E-state index contributed by atoms with van der Waals surface area (Å²) in [6.45, 7) is 1.09. The molecule has 30 heavy (non-hydrogen) atoms. The van der Waals surface area contributed by atoms with Crippen molar-refractivity contribution in [3.8, 4) is 11.1 Å². The minimum absolute atomic E-state index is 0.0505. The van der Waals surface area contributed by atoms with Crippen LogP contribution in [-0.2, 0) is 11.3 Å². The molecule has 158 valence electrons. The summed E-state index contributed by atoms with van der Waals surface area (Å²) in [7, 11) is 3.96. The summed E-state index contributed by atoms with van der Waals surface area (Å²) in [5.41, 5.74) is 7.45. The van der Waals surface area contributed by atoms with Crippen molar-refractivity contribution in [1.82, 2.24) is 19.7 Å². The number of nitrogen functional groups attached to an aromatic ring is 1. The summed E-state index contributed by atoms with van der Waals surface area (Å²) in [5.74, 6) is -0.365. The van der Waals surface area contributed by atoms with Gasteiger partial charge in [0.05, 0.1) is 23.5 Å². The summed E-state index contributed by atoms with van der Waals surface area (Å²) in [6.07, 6.45) is 5.95. The molecule has 0 fully saturated rings. The Bertz CT molecular complexity index is 1040. The van der Waals surface area contributed by atoms with E-state index in [1.165, 1.54) is 6.26 Å². The third-order valence-corrected chi connectivity index (χ3v) is 4.66. The average molecular weight is 431 g/mol. The van der Waals surface area contributed by atoms with Crippen LogP contribution in [0.5, 0.6) is 0 Å². The molecule has 2 heterocycles. The average Bonchev–Trinajstić information content (AvgIpc) is 3.32. The van der Waals surface area contributed by atoms with Gasteiger partial charge in [-0.1, -0.05) is 17.7 Å². The molecule has 0 saturated heterocycles. The Balaban J connectivity index is 1.67. The topological polar surface area (TPSA) is 119 Å². The molecule has 0 aliphatic carbocycles. The zero-order valence-electron chi connectivity index (χ0n) is 16.8. The number of benzene rings is 1. The Morgan fingerprint density at radius 2 is 2.10 bits per heavy atom. The van der Waals surface area contributed by atoms with Crippen molar-refractivity contribution in [2.24, 2.45) is 0 Å². The number of nitrogens with one attached hydrogen (secondary N) is 1. The summed E-state index contributed by atoms with van der Waals surface area (Å²) in [6, 6.07) is 5.12. The van der Waals surface area contributed by atoms with E-state index in [2.05, 4.69) is 15.4 Å². The van der Waals surface area contributed by atoms with Crippen LogP contribution in [0.1, 0.15) is 23.3 Å². The van der Waals surface area contributed by atoms with Gasteiger partial charge in [0.25, 0.3) is 11.9 Å². The van der Waals surface area contributed by atoms with Crippen molar-refractivity contribution < 1.29 is 14.0 Å². The van der Waals surface area contributed by atoms with Crippen LogP contribution in [-0.4, -0.2) is 52.0 Å². The minimum atomic E-state index is -0.492. The molecule has 0 aliphatic heterocycles. The van der Waals surface area contributed by atoms with Gasteiger partial charge in [-0.15, -0.1) is 0 Å². The quantitative estimate of drug-likeness (QED) is 0.535. The predicted molar refractivity (Wildman–Crippen MR) is 114 cm³/mol. The van der Waals surface area contributed by atoms with Crippen molar-refractivity contribution >= 4 is 35.0 Å². The van der Waals surface area contributed by atoms with Gasteiger partial charge >= 0.3 is 0 Å². The van der Waals surface area contributed by atoms with E-state index in [9.17, 15) is 9.59 Å². The van der Waals surface area contributed by atoms with Crippen LogP contribution >= 0.6 is 11.6 Å². The standard InChI is InChI=1S/C20H23ClN6O3/c1-26(2)7-3-4-15(28)11-27-10-14(9-23-27)13-5-6-16(21)17(8-13)24-19(29)18-12-30-20(22)25-18/h5-6,8-10,12H,3-4,7,11H2,1-2H3,(H2,22,25)(H,24,29). The second kappa shape index (κ2) is 9.55. The first-order chi connectivity index (χ1) is 14.3. The minimum Gasteiger partial charge on any atom is -0.431 e. The van der Waals surface area contributed by atoms with Crippen LogP contribution in [0.2, 0.25) is 5.02 Å². The number of carbonyl (C=O) groups excluding carboxylic acids is 2. The number of hydrogen-bond acceptors (Lipinski definition) is 7. The number of Topliss-reactive ketones (excluding diaryl/α,β-unsaturated/α-hetero) is 1. The molecule has 0 unspecified atom stereocenters. The molecule has 10 heteroatoms. The van der Waals surface area contributed by atoms with Gasteiger partial charge in [-0.05, 0) is 44.8 Å². The summed E-state index contributed by atoms with van der Waals surface area (Å²) in [4.78, 5) is 30.2. The first-order valence-corrected chi connectivity index (χ1v) is 9.71. The lowest BCUT2D eigenvalue weighted by molar-refractivity contribution is -0.119. The Hall–Kier alpha value is -3.17. The van der Waals surface area contributed by atoms with Gasteiger partial charge in [-0.3, -0.25) is 14.3 Å². The maximum Gasteiger partial charge on any atom is 0.292 e. The van der Waals surface area contributed by atoms with Crippen LogP contribution in [0.4, 0.5) is 11.7 Å². The van der Waals surface area contributed by atoms with Crippen molar-refractivity contribution in [1.29, 1.82) is 0 Å². The Morgan fingerprint density at radius 3 is 2.80 bits per heavy atom. The van der Waals surface area contributed by atoms with Crippen molar-refractivity contribution in [3.63, 3.8) is 0 Å². The van der Waals surface area contributed by atoms with Crippen LogP contribution in [0, 0.1) is 0 Å². The number of carbonyl (C=O) groups is 2. The van der Waals surface area contributed by atoms with Crippen molar-refractivity contribution in [2.45, 2.75) is 19.4 Å². The normalized spacial score (nSPS) is 11.1. The number of anilines is 2. The van der Waals surface area contributed by atoms with E-state index in [1.54, 1.807) is 29.2 Å². The zero-order chi connectivity index (χ0) is 21.7. The first-order valence-electron chi connectivity index (χ1n) is 9.33. The Labute approximate surface area is 178 Å². The second-order valence-corrected chi connectivity index (χ2v) is 7.50. The monoisotopic (exact) mass is 430 g/mol. The van der Waals surface area contributed by atoms with Gasteiger partial charge in [0, 0.05) is 18.2 Å². The molecule has 0 aliphatic rings. The Morgan fingerprint density at radius 1 is 1.30 bits per heavy atom. The van der Waals surface area contributed by atoms with Gasteiger partial charge in [-0.2, -0.15) is 10.1 Å². The number of nitrogens with zero attached hydrogens (tertiary/aromatic N) is 4. The van der Waals surface area contributed by atoms with Crippen LogP contribution in [0.25, 0.3) is 11.1 Å². The highest BCUT2D eigenvalue weighted by Crippen LogP contribution is 2.29. The number of amides is 1. The smallest absolute Gasteiger partial charge is 0.292 e. The van der Waals surface area contributed by atoms with Gasteiger partial charge in [0.15, 0.2) is 11.5 Å². The molecular formula is C20H23ClN6O3. The molecule has 3 aromatic rings. The summed E-state index contributed by atoms with van der Waals surface area (Å²) < 4.78 is 6.46. The molecule has 1 aromatic carbocycles. The highest BCUT2D eigenvalue weighted by molar-refractivity contribution is 6.34. The highest BCUT2D eigenvalue weighted by atomic mass is 35.5. The lowest BCUT2D eigenvalue weighted by Crippen LogP contribution is -2.16. The second-order valence-electron chi connectivity index (χ2n) is 7.09. The molecule has 0 radical (unpaired) electrons. The number of ketones is 1. The van der Waals surface area contributed by atoms with Crippen molar-refractivity contribution in [3.05, 3.63) is 47.6 Å². The molecule has 0 bridgehead atoms. The molecule has 0 saturated carbocycles. The first kappa shape index (κ1) is 21.5. The number of rotatable bonds is 9. The van der Waals surface area contributed by atoms with Gasteiger partial charge in [0.1, 0.15) is 6.26 Å². The highest BCUT2D eigenvalue weighted by Gasteiger charge is 2.14. The maximum absolute atomic E-state index is 12.3. The lowest BCUT2D eigenvalue weighted by atomic mass is 10.1. The number of oxazole rings is 1. The molecule has 2 aromatic heterocycles. The van der Waals surface area contributed by atoms with Gasteiger partial charge in [-0.25, -0.2) is 0 Å². The van der Waals surface area contributed by atoms with E-state index in [1.807, 2.05) is 25.1 Å². The third-order valence-electron chi connectivity index (χ3n) is 4.34. The number of hydrogen-bond donors (Lipinski definition) is 2. The predicted octanol–water partition coefficient (Wildman–Crippen LogP) is 2.94. The van der Waals surface area contributed by atoms with E-state index >= 15 is 0 Å². The fourth-order valence-electron chi connectivity index (χ4n) is 2.83. The fraction of sp³-hybridized carbons (Fsp3) is 0.300. The summed E-state index contributed by atoms with van der Waals surface area (Å²) >= 11 is 6.21. The molecule has 3 rings (SSSR count). The van der Waals surface area contributed by atoms with E-state index < -0.39 is 5.91 Å². The van der Waals surface area contributed by atoms with Crippen LogP contribution < -0.4 is 11.1 Å². The van der Waals surface area contributed by atoms with E-state index in [0.29, 0.717) is 17.1 Å². The zero-order valence-corrected chi connectivity index (χ0v) is 17.5. The molecule has 9 nitrogen and oxygen atoms in total. The molecule has 0 spiro atoms. The fourth-order valence-corrected chi connectivity index (χ4v) is 2.99. The van der Waals surface area contributed by atoms with E-state index in [0.717, 1.165) is 24.1 Å². The Kier molecular flexibility index (Phi) is 6.86. The summed E-state index contributed by atoms with van der Waals surface area (Å²) in [5, 5.41) is 7.32. The molecule has 0 atom stereocenters. The van der Waals surface area contributed by atoms with Gasteiger partial charge in [0.2, 0.25) is 0 Å². The van der Waals surface area contributed by atoms with Crippen LogP contribution in [0.15, 0.2) is 41.3 Å². The van der Waals surface area contributed by atoms with E-state index in [-0.39, 0.29) is 24.0 Å². The molecular weight excluding hydrogens is 408 g/mol. The third kappa shape index (κ3) is 5.68. The molecule has 1 amide bonds. The number of nitrogens with two attached hydrogens (primary N) is 1. The van der Waals surface area contributed by atoms with Crippen molar-refractivity contribution in [2.75, 3.05) is 31.7 Å².